The van der Waals surface area contributed by atoms with Gasteiger partial charge in [-0.05, 0) is 44.5 Å². The van der Waals surface area contributed by atoms with Crippen LogP contribution in [0.3, 0.4) is 0 Å². The molecule has 0 aliphatic heterocycles. The van der Waals surface area contributed by atoms with E-state index < -0.39 is 0 Å². The van der Waals surface area contributed by atoms with Crippen molar-refractivity contribution < 1.29 is 4.79 Å². The smallest absolute Gasteiger partial charge is 0.221 e. The molecule has 19 heavy (non-hydrogen) atoms. The minimum Gasteiger partial charge on any atom is -0.331 e. The molecule has 1 rings (SSSR count). The third kappa shape index (κ3) is 4.73. The number of hydrogen-bond donors (Lipinski definition) is 1. The van der Waals surface area contributed by atoms with E-state index >= 15 is 0 Å². The van der Waals surface area contributed by atoms with Crippen molar-refractivity contribution in [3.63, 3.8) is 0 Å². The van der Waals surface area contributed by atoms with E-state index in [-0.39, 0.29) is 5.91 Å². The SMILES string of the molecule is CCCN=C(C)N(CC)c1ccc(NC(C)=O)cc1. The van der Waals surface area contributed by atoms with E-state index in [1.54, 1.807) is 0 Å². The molecule has 4 nitrogen and oxygen atoms in total. The summed E-state index contributed by atoms with van der Waals surface area (Å²) in [5.41, 5.74) is 1.91. The van der Waals surface area contributed by atoms with Gasteiger partial charge in [-0.15, -0.1) is 0 Å². The van der Waals surface area contributed by atoms with Crippen molar-refractivity contribution in [2.45, 2.75) is 34.1 Å². The third-order valence-corrected chi connectivity index (χ3v) is 2.77. The summed E-state index contributed by atoms with van der Waals surface area (Å²) in [6.45, 7) is 9.49. The molecule has 0 saturated carbocycles. The van der Waals surface area contributed by atoms with Gasteiger partial charge in [0.15, 0.2) is 0 Å². The largest absolute Gasteiger partial charge is 0.331 e. The summed E-state index contributed by atoms with van der Waals surface area (Å²) in [4.78, 5) is 17.7. The van der Waals surface area contributed by atoms with Gasteiger partial charge in [0.1, 0.15) is 5.84 Å². The van der Waals surface area contributed by atoms with E-state index in [1.807, 2.05) is 31.2 Å². The highest BCUT2D eigenvalue weighted by Crippen LogP contribution is 2.18. The molecule has 0 aliphatic rings. The fourth-order valence-electron chi connectivity index (χ4n) is 1.89. The Morgan fingerprint density at radius 2 is 1.84 bits per heavy atom. The molecule has 0 radical (unpaired) electrons. The van der Waals surface area contributed by atoms with E-state index in [4.69, 9.17) is 0 Å². The first kappa shape index (κ1) is 15.2. The van der Waals surface area contributed by atoms with Gasteiger partial charge >= 0.3 is 0 Å². The lowest BCUT2D eigenvalue weighted by Crippen LogP contribution is -2.28. The van der Waals surface area contributed by atoms with Gasteiger partial charge in [-0.2, -0.15) is 0 Å². The maximum atomic E-state index is 11.0. The highest BCUT2D eigenvalue weighted by atomic mass is 16.1. The lowest BCUT2D eigenvalue weighted by Gasteiger charge is -2.23. The number of carbonyl (C=O) groups is 1. The van der Waals surface area contributed by atoms with Gasteiger partial charge in [-0.1, -0.05) is 6.92 Å². The second-order valence-electron chi connectivity index (χ2n) is 4.40. The molecule has 0 aliphatic carbocycles. The van der Waals surface area contributed by atoms with Crippen LogP contribution in [0.2, 0.25) is 0 Å². The number of nitrogens with zero attached hydrogens (tertiary/aromatic N) is 2. The Hall–Kier alpha value is -1.84. The van der Waals surface area contributed by atoms with E-state index in [9.17, 15) is 4.79 Å². The summed E-state index contributed by atoms with van der Waals surface area (Å²) >= 11 is 0. The maximum absolute atomic E-state index is 11.0. The Morgan fingerprint density at radius 3 is 2.32 bits per heavy atom. The van der Waals surface area contributed by atoms with Gasteiger partial charge in [0.2, 0.25) is 5.91 Å². The maximum Gasteiger partial charge on any atom is 0.221 e. The second-order valence-corrected chi connectivity index (χ2v) is 4.40. The minimum atomic E-state index is -0.0548. The van der Waals surface area contributed by atoms with Crippen LogP contribution >= 0.6 is 0 Å². The van der Waals surface area contributed by atoms with Gasteiger partial charge in [-0.3, -0.25) is 9.79 Å². The Bertz CT molecular complexity index is 437. The molecule has 0 saturated heterocycles. The molecule has 0 aromatic heterocycles. The number of aliphatic imine (C=N–C) groups is 1. The third-order valence-electron chi connectivity index (χ3n) is 2.77. The lowest BCUT2D eigenvalue weighted by atomic mass is 10.2. The van der Waals surface area contributed by atoms with Crippen LogP contribution in [-0.4, -0.2) is 24.8 Å². The zero-order valence-corrected chi connectivity index (χ0v) is 12.2. The van der Waals surface area contributed by atoms with E-state index in [2.05, 4.69) is 29.1 Å². The van der Waals surface area contributed by atoms with Crippen molar-refractivity contribution in [1.29, 1.82) is 0 Å². The molecule has 0 unspecified atom stereocenters. The summed E-state index contributed by atoms with van der Waals surface area (Å²) in [5, 5.41) is 2.76. The molecule has 1 amide bonds. The Morgan fingerprint density at radius 1 is 1.21 bits per heavy atom. The number of nitrogens with one attached hydrogen (secondary N) is 1. The predicted molar refractivity (Wildman–Crippen MR) is 82.0 cm³/mol. The van der Waals surface area contributed by atoms with E-state index in [0.29, 0.717) is 0 Å². The number of benzene rings is 1. The van der Waals surface area contributed by atoms with Gasteiger partial charge < -0.3 is 10.2 Å². The Labute approximate surface area is 115 Å². The van der Waals surface area contributed by atoms with Crippen LogP contribution in [0.1, 0.15) is 34.1 Å². The molecule has 0 heterocycles. The number of anilines is 2. The first-order chi connectivity index (χ1) is 9.08. The first-order valence-corrected chi connectivity index (χ1v) is 6.74. The quantitative estimate of drug-likeness (QED) is 0.653. The zero-order chi connectivity index (χ0) is 14.3. The number of hydrogen-bond acceptors (Lipinski definition) is 2. The van der Waals surface area contributed by atoms with Gasteiger partial charge in [0.25, 0.3) is 0 Å². The summed E-state index contributed by atoms with van der Waals surface area (Å²) in [6, 6.07) is 7.82. The van der Waals surface area contributed by atoms with Crippen LogP contribution in [-0.2, 0) is 4.79 Å². The Balaban J connectivity index is 2.84. The van der Waals surface area contributed by atoms with Gasteiger partial charge in [-0.25, -0.2) is 0 Å². The highest BCUT2D eigenvalue weighted by Gasteiger charge is 2.07. The fraction of sp³-hybridized carbons (Fsp3) is 0.467. The molecule has 0 bridgehead atoms. The minimum absolute atomic E-state index is 0.0548. The Kier molecular flexibility index (Phi) is 6.06. The molecule has 104 valence electrons. The predicted octanol–water partition coefficient (Wildman–Crippen LogP) is 3.30. The van der Waals surface area contributed by atoms with Crippen LogP contribution in [0.15, 0.2) is 29.3 Å². The van der Waals surface area contributed by atoms with Crippen LogP contribution in [0.5, 0.6) is 0 Å². The molecule has 1 aromatic rings. The summed E-state index contributed by atoms with van der Waals surface area (Å²) in [5.74, 6) is 0.970. The van der Waals surface area contributed by atoms with Crippen molar-refractivity contribution in [2.75, 3.05) is 23.3 Å². The van der Waals surface area contributed by atoms with E-state index in [0.717, 1.165) is 36.7 Å². The van der Waals surface area contributed by atoms with Crippen LogP contribution in [0.25, 0.3) is 0 Å². The van der Waals surface area contributed by atoms with Crippen LogP contribution in [0, 0.1) is 0 Å². The number of rotatable bonds is 5. The lowest BCUT2D eigenvalue weighted by molar-refractivity contribution is -0.114. The summed E-state index contributed by atoms with van der Waals surface area (Å²) in [6.07, 6.45) is 1.05. The van der Waals surface area contributed by atoms with Crippen molar-refractivity contribution in [2.24, 2.45) is 4.99 Å². The van der Waals surface area contributed by atoms with Crippen molar-refractivity contribution in [3.8, 4) is 0 Å². The average molecular weight is 261 g/mol. The molecule has 4 heteroatoms. The molecule has 0 atom stereocenters. The van der Waals surface area contributed by atoms with Crippen LogP contribution in [0.4, 0.5) is 11.4 Å². The van der Waals surface area contributed by atoms with Crippen molar-refractivity contribution in [3.05, 3.63) is 24.3 Å². The topological polar surface area (TPSA) is 44.7 Å². The van der Waals surface area contributed by atoms with Crippen LogP contribution < -0.4 is 10.2 Å². The van der Waals surface area contributed by atoms with Gasteiger partial charge in [0, 0.05) is 31.4 Å². The highest BCUT2D eigenvalue weighted by molar-refractivity contribution is 5.96. The normalized spacial score (nSPS) is 11.3. The average Bonchev–Trinajstić information content (AvgIpc) is 2.38. The van der Waals surface area contributed by atoms with Crippen molar-refractivity contribution >= 4 is 23.1 Å². The number of amides is 1. The molecule has 0 fully saturated rings. The molecule has 1 N–H and O–H groups in total. The number of carbonyl (C=O) groups excluding carboxylic acids is 1. The summed E-state index contributed by atoms with van der Waals surface area (Å²) in [7, 11) is 0. The zero-order valence-electron chi connectivity index (χ0n) is 12.2. The molecular weight excluding hydrogens is 238 g/mol. The molecule has 0 spiro atoms. The molecule has 1 aromatic carbocycles. The monoisotopic (exact) mass is 261 g/mol. The first-order valence-electron chi connectivity index (χ1n) is 6.74. The van der Waals surface area contributed by atoms with E-state index in [1.165, 1.54) is 6.92 Å². The summed E-state index contributed by atoms with van der Waals surface area (Å²) < 4.78 is 0. The second kappa shape index (κ2) is 7.56. The fourth-order valence-corrected chi connectivity index (χ4v) is 1.89. The van der Waals surface area contributed by atoms with Crippen molar-refractivity contribution in [1.82, 2.24) is 0 Å². The molecular formula is C15H23N3O. The standard InChI is InChI=1S/C15H23N3O/c1-5-11-16-12(3)18(6-2)15-9-7-14(8-10-15)17-13(4)19/h7-10H,5-6,11H2,1-4H3,(H,17,19). The van der Waals surface area contributed by atoms with Gasteiger partial charge in [0.05, 0.1) is 0 Å². The number of amidine groups is 1.